The van der Waals surface area contributed by atoms with Crippen LogP contribution < -0.4 is 11.6 Å². The van der Waals surface area contributed by atoms with E-state index in [2.05, 4.69) is 13.8 Å². The number of nitrogen functional groups attached to an aromatic ring is 2. The van der Waals surface area contributed by atoms with E-state index in [1.807, 2.05) is 0 Å². The highest BCUT2D eigenvalue weighted by Gasteiger charge is 2.24. The van der Waals surface area contributed by atoms with Gasteiger partial charge in [-0.25, -0.2) is 9.66 Å². The number of hydrogen-bond donors (Lipinski definition) is 2. The van der Waals surface area contributed by atoms with Crippen molar-refractivity contribution in [2.45, 2.75) is 70.6 Å². The van der Waals surface area contributed by atoms with E-state index in [-0.39, 0.29) is 0 Å². The van der Waals surface area contributed by atoms with E-state index in [0.717, 1.165) is 24.4 Å². The predicted molar refractivity (Wildman–Crippen MR) is 75.9 cm³/mol. The molecule has 1 fully saturated rings. The molecule has 1 atom stereocenters. The van der Waals surface area contributed by atoms with Crippen molar-refractivity contribution >= 4 is 5.82 Å². The lowest BCUT2D eigenvalue weighted by Crippen LogP contribution is -2.19. The molecule has 0 aliphatic heterocycles. The van der Waals surface area contributed by atoms with Crippen molar-refractivity contribution < 1.29 is 0 Å². The Morgan fingerprint density at radius 3 is 2.61 bits per heavy atom. The Morgan fingerprint density at radius 2 is 2.00 bits per heavy atom. The first-order chi connectivity index (χ1) is 8.65. The summed E-state index contributed by atoms with van der Waals surface area (Å²) < 4.78 is 1.64. The molecule has 0 radical (unpaired) electrons. The molecule has 0 bridgehead atoms. The normalized spacial score (nSPS) is 19.0. The molecule has 0 amide bonds. The van der Waals surface area contributed by atoms with Gasteiger partial charge in [0.2, 0.25) is 0 Å². The van der Waals surface area contributed by atoms with Gasteiger partial charge in [0.25, 0.3) is 0 Å². The SMILES string of the molecule is CCCC(C)c1nc(C2CCCCC2)n(N)c1N. The van der Waals surface area contributed by atoms with Gasteiger partial charge >= 0.3 is 0 Å². The number of hydrogen-bond acceptors (Lipinski definition) is 3. The van der Waals surface area contributed by atoms with Crippen molar-refractivity contribution in [3.8, 4) is 0 Å². The van der Waals surface area contributed by atoms with Crippen molar-refractivity contribution in [2.24, 2.45) is 0 Å². The Hall–Kier alpha value is -1.19. The van der Waals surface area contributed by atoms with E-state index in [4.69, 9.17) is 16.6 Å². The molecule has 1 aromatic heterocycles. The Balaban J connectivity index is 2.23. The summed E-state index contributed by atoms with van der Waals surface area (Å²) in [5.41, 5.74) is 7.12. The van der Waals surface area contributed by atoms with Gasteiger partial charge in [-0.3, -0.25) is 0 Å². The van der Waals surface area contributed by atoms with Crippen LogP contribution in [0.4, 0.5) is 5.82 Å². The van der Waals surface area contributed by atoms with Crippen molar-refractivity contribution in [3.05, 3.63) is 11.5 Å². The number of imidazole rings is 1. The lowest BCUT2D eigenvalue weighted by Gasteiger charge is -2.20. The molecule has 0 aromatic carbocycles. The minimum atomic E-state index is 0.405. The molecule has 4 nitrogen and oxygen atoms in total. The maximum Gasteiger partial charge on any atom is 0.146 e. The molecule has 4 heteroatoms. The van der Waals surface area contributed by atoms with Crippen molar-refractivity contribution in [3.63, 3.8) is 0 Å². The molecule has 1 aromatic rings. The molecule has 1 aliphatic carbocycles. The second-order valence-corrected chi connectivity index (χ2v) is 5.64. The van der Waals surface area contributed by atoms with Crippen LogP contribution in [0.5, 0.6) is 0 Å². The van der Waals surface area contributed by atoms with Crippen LogP contribution in [-0.4, -0.2) is 9.66 Å². The van der Waals surface area contributed by atoms with Gasteiger partial charge in [-0.05, 0) is 19.3 Å². The predicted octanol–water partition coefficient (Wildman–Crippen LogP) is 3.13. The monoisotopic (exact) mass is 250 g/mol. The zero-order valence-corrected chi connectivity index (χ0v) is 11.7. The van der Waals surface area contributed by atoms with Crippen LogP contribution in [0.15, 0.2) is 0 Å². The number of anilines is 1. The van der Waals surface area contributed by atoms with Gasteiger partial charge in [0, 0.05) is 11.8 Å². The van der Waals surface area contributed by atoms with Crippen molar-refractivity contribution in [1.82, 2.24) is 9.66 Å². The molecule has 0 spiro atoms. The minimum absolute atomic E-state index is 0.405. The van der Waals surface area contributed by atoms with Crippen LogP contribution in [0.1, 0.15) is 82.1 Å². The average molecular weight is 250 g/mol. The number of aromatic nitrogens is 2. The Morgan fingerprint density at radius 1 is 1.33 bits per heavy atom. The third-order valence-corrected chi connectivity index (χ3v) is 4.16. The lowest BCUT2D eigenvalue weighted by molar-refractivity contribution is 0.423. The van der Waals surface area contributed by atoms with Gasteiger partial charge in [0.1, 0.15) is 11.6 Å². The summed E-state index contributed by atoms with van der Waals surface area (Å²) in [5.74, 6) is 8.68. The smallest absolute Gasteiger partial charge is 0.146 e. The third-order valence-electron chi connectivity index (χ3n) is 4.16. The Kier molecular flexibility index (Phi) is 4.15. The highest BCUT2D eigenvalue weighted by atomic mass is 15.4. The second kappa shape index (κ2) is 5.63. The quantitative estimate of drug-likeness (QED) is 0.807. The fourth-order valence-corrected chi connectivity index (χ4v) is 3.06. The van der Waals surface area contributed by atoms with E-state index < -0.39 is 0 Å². The summed E-state index contributed by atoms with van der Waals surface area (Å²) in [6.07, 6.45) is 8.59. The number of nitrogens with zero attached hydrogens (tertiary/aromatic N) is 2. The fourth-order valence-electron chi connectivity index (χ4n) is 3.06. The molecule has 1 unspecified atom stereocenters. The summed E-state index contributed by atoms with van der Waals surface area (Å²) in [7, 11) is 0. The van der Waals surface area contributed by atoms with Crippen LogP contribution in [0.2, 0.25) is 0 Å². The van der Waals surface area contributed by atoms with Crippen LogP contribution in [-0.2, 0) is 0 Å². The second-order valence-electron chi connectivity index (χ2n) is 5.64. The van der Waals surface area contributed by atoms with Gasteiger partial charge in [-0.15, -0.1) is 0 Å². The summed E-state index contributed by atoms with van der Waals surface area (Å²) in [6, 6.07) is 0. The van der Waals surface area contributed by atoms with Gasteiger partial charge in [-0.1, -0.05) is 39.5 Å². The fraction of sp³-hybridized carbons (Fsp3) is 0.786. The molecule has 18 heavy (non-hydrogen) atoms. The van der Waals surface area contributed by atoms with E-state index in [9.17, 15) is 0 Å². The van der Waals surface area contributed by atoms with Gasteiger partial charge in [0.15, 0.2) is 0 Å². The number of nitrogens with two attached hydrogens (primary N) is 2. The van der Waals surface area contributed by atoms with Crippen molar-refractivity contribution in [1.29, 1.82) is 0 Å². The Bertz CT molecular complexity index is 391. The first-order valence-electron chi connectivity index (χ1n) is 7.28. The minimum Gasteiger partial charge on any atom is -0.382 e. The molecule has 1 aliphatic rings. The maximum absolute atomic E-state index is 6.12. The van der Waals surface area contributed by atoms with Gasteiger partial charge in [0.05, 0.1) is 5.69 Å². The average Bonchev–Trinajstić information content (AvgIpc) is 2.68. The molecule has 4 N–H and O–H groups in total. The van der Waals surface area contributed by atoms with Gasteiger partial charge in [-0.2, -0.15) is 0 Å². The maximum atomic E-state index is 6.12. The first kappa shape index (κ1) is 13.2. The summed E-state index contributed by atoms with van der Waals surface area (Å²) >= 11 is 0. The Labute approximate surface area is 110 Å². The highest BCUT2D eigenvalue weighted by Crippen LogP contribution is 2.34. The first-order valence-corrected chi connectivity index (χ1v) is 7.28. The van der Waals surface area contributed by atoms with Crippen LogP contribution in [0.25, 0.3) is 0 Å². The summed E-state index contributed by atoms with van der Waals surface area (Å²) in [4.78, 5) is 4.76. The summed E-state index contributed by atoms with van der Waals surface area (Å²) in [6.45, 7) is 4.38. The van der Waals surface area contributed by atoms with E-state index in [1.165, 1.54) is 32.1 Å². The van der Waals surface area contributed by atoms with E-state index in [0.29, 0.717) is 17.7 Å². The van der Waals surface area contributed by atoms with Gasteiger partial charge < -0.3 is 11.6 Å². The van der Waals surface area contributed by atoms with E-state index in [1.54, 1.807) is 4.68 Å². The molecule has 1 heterocycles. The third kappa shape index (κ3) is 2.47. The van der Waals surface area contributed by atoms with E-state index >= 15 is 0 Å². The zero-order chi connectivity index (χ0) is 13.1. The molecule has 2 rings (SSSR count). The zero-order valence-electron chi connectivity index (χ0n) is 11.7. The molecular formula is C14H26N4. The van der Waals surface area contributed by atoms with Crippen LogP contribution in [0, 0.1) is 0 Å². The topological polar surface area (TPSA) is 69.9 Å². The summed E-state index contributed by atoms with van der Waals surface area (Å²) in [5, 5.41) is 0. The highest BCUT2D eigenvalue weighted by molar-refractivity contribution is 5.41. The largest absolute Gasteiger partial charge is 0.382 e. The van der Waals surface area contributed by atoms with Crippen molar-refractivity contribution in [2.75, 3.05) is 11.6 Å². The molecule has 102 valence electrons. The van der Waals surface area contributed by atoms with Crippen LogP contribution >= 0.6 is 0 Å². The molecule has 1 saturated carbocycles. The number of rotatable bonds is 4. The standard InChI is InChI=1S/C14H26N4/c1-3-7-10(2)12-13(15)18(16)14(17-12)11-8-5-4-6-9-11/h10-11H,3-9,15-16H2,1-2H3. The lowest BCUT2D eigenvalue weighted by atomic mass is 9.89. The molecular weight excluding hydrogens is 224 g/mol. The molecule has 0 saturated heterocycles. The van der Waals surface area contributed by atoms with Crippen LogP contribution in [0.3, 0.4) is 0 Å².